The lowest BCUT2D eigenvalue weighted by Crippen LogP contribution is -2.12. The molecular weight excluding hydrogens is 202 g/mol. The van der Waals surface area contributed by atoms with Gasteiger partial charge < -0.3 is 10.5 Å². The first kappa shape index (κ1) is 12.5. The van der Waals surface area contributed by atoms with Gasteiger partial charge in [-0.2, -0.15) is 0 Å². The third-order valence-electron chi connectivity index (χ3n) is 1.54. The van der Waals surface area contributed by atoms with Crippen molar-refractivity contribution in [2.45, 2.75) is 0 Å². The molecule has 0 fully saturated rings. The molecule has 0 aliphatic rings. The van der Waals surface area contributed by atoms with Gasteiger partial charge in [-0.1, -0.05) is 30.3 Å². The maximum absolute atomic E-state index is 10.9. The minimum Gasteiger partial charge on any atom is -0.464 e. The molecule has 0 radical (unpaired) electrons. The summed E-state index contributed by atoms with van der Waals surface area (Å²) >= 11 is 0. The first-order valence-electron chi connectivity index (χ1n) is 3.84. The molecule has 3 nitrogen and oxygen atoms in total. The number of ether oxygens (including phenoxy) is 1. The van der Waals surface area contributed by atoms with Gasteiger partial charge >= 0.3 is 5.97 Å². The van der Waals surface area contributed by atoms with Crippen molar-refractivity contribution in [3.05, 3.63) is 41.6 Å². The van der Waals surface area contributed by atoms with Crippen LogP contribution >= 0.6 is 12.4 Å². The third kappa shape index (κ3) is 3.49. The van der Waals surface area contributed by atoms with E-state index in [2.05, 4.69) is 4.74 Å². The van der Waals surface area contributed by atoms with Gasteiger partial charge in [-0.15, -0.1) is 12.4 Å². The van der Waals surface area contributed by atoms with Crippen molar-refractivity contribution < 1.29 is 9.53 Å². The highest BCUT2D eigenvalue weighted by Gasteiger charge is 2.02. The van der Waals surface area contributed by atoms with Crippen LogP contribution in [0.2, 0.25) is 0 Å². The van der Waals surface area contributed by atoms with E-state index in [1.165, 1.54) is 7.11 Å². The Morgan fingerprint density at radius 2 is 1.93 bits per heavy atom. The van der Waals surface area contributed by atoms with Crippen LogP contribution in [-0.2, 0) is 9.53 Å². The first-order valence-corrected chi connectivity index (χ1v) is 3.84. The van der Waals surface area contributed by atoms with E-state index in [0.29, 0.717) is 0 Å². The molecule has 0 saturated carbocycles. The second-order valence-corrected chi connectivity index (χ2v) is 2.50. The fourth-order valence-electron chi connectivity index (χ4n) is 0.906. The Morgan fingerprint density at radius 3 is 2.43 bits per heavy atom. The van der Waals surface area contributed by atoms with Crippen molar-refractivity contribution >= 4 is 24.5 Å². The molecule has 0 unspecified atom stereocenters. The number of rotatable bonds is 2. The van der Waals surface area contributed by atoms with E-state index in [4.69, 9.17) is 5.73 Å². The predicted molar refractivity (Wildman–Crippen MR) is 57.9 cm³/mol. The van der Waals surface area contributed by atoms with E-state index in [9.17, 15) is 4.79 Å². The molecule has 1 rings (SSSR count). The summed E-state index contributed by atoms with van der Waals surface area (Å²) in [5.41, 5.74) is 6.43. The van der Waals surface area contributed by atoms with Crippen LogP contribution < -0.4 is 5.73 Å². The molecule has 0 spiro atoms. The van der Waals surface area contributed by atoms with Crippen LogP contribution in [0.25, 0.3) is 6.08 Å². The van der Waals surface area contributed by atoms with E-state index < -0.39 is 5.97 Å². The molecule has 1 aromatic carbocycles. The Bertz CT molecular complexity index is 322. The molecule has 0 atom stereocenters. The highest BCUT2D eigenvalue weighted by Crippen LogP contribution is 2.03. The summed E-state index contributed by atoms with van der Waals surface area (Å²) in [5.74, 6) is -0.510. The van der Waals surface area contributed by atoms with E-state index in [1.807, 2.05) is 30.3 Å². The second kappa shape index (κ2) is 6.05. The molecule has 2 N–H and O–H groups in total. The molecule has 1 aromatic rings. The summed E-state index contributed by atoms with van der Waals surface area (Å²) in [4.78, 5) is 10.9. The summed E-state index contributed by atoms with van der Waals surface area (Å²) in [6.07, 6.45) is 1.58. The largest absolute Gasteiger partial charge is 0.464 e. The van der Waals surface area contributed by atoms with Gasteiger partial charge in [0.25, 0.3) is 0 Å². The monoisotopic (exact) mass is 213 g/mol. The quantitative estimate of drug-likeness (QED) is 0.600. The standard InChI is InChI=1S/C10H11NO2.ClH/c1-13-10(12)9(11)7-8-5-3-2-4-6-8;/h2-7H,11H2,1H3;1H. The smallest absolute Gasteiger partial charge is 0.353 e. The van der Waals surface area contributed by atoms with Crippen LogP contribution in [0.4, 0.5) is 0 Å². The van der Waals surface area contributed by atoms with E-state index >= 15 is 0 Å². The van der Waals surface area contributed by atoms with Crippen LogP contribution in [0, 0.1) is 0 Å². The summed E-state index contributed by atoms with van der Waals surface area (Å²) < 4.78 is 4.45. The SMILES string of the molecule is COC(=O)C(N)=Cc1ccccc1.Cl. The van der Waals surface area contributed by atoms with Gasteiger partial charge in [-0.05, 0) is 11.6 Å². The van der Waals surface area contributed by atoms with Crippen LogP contribution in [0.1, 0.15) is 5.56 Å². The van der Waals surface area contributed by atoms with Crippen LogP contribution in [0.3, 0.4) is 0 Å². The Kier molecular flexibility index (Phi) is 5.41. The number of benzene rings is 1. The molecule has 0 bridgehead atoms. The fraction of sp³-hybridized carbons (Fsp3) is 0.100. The summed E-state index contributed by atoms with van der Waals surface area (Å²) in [7, 11) is 1.30. The summed E-state index contributed by atoms with van der Waals surface area (Å²) in [6.45, 7) is 0. The van der Waals surface area contributed by atoms with Gasteiger partial charge in [0.1, 0.15) is 5.70 Å². The van der Waals surface area contributed by atoms with E-state index in [1.54, 1.807) is 6.08 Å². The average molecular weight is 214 g/mol. The number of hydrogen-bond acceptors (Lipinski definition) is 3. The number of methoxy groups -OCH3 is 1. The highest BCUT2D eigenvalue weighted by atomic mass is 35.5. The van der Waals surface area contributed by atoms with Crippen molar-refractivity contribution in [1.82, 2.24) is 0 Å². The number of esters is 1. The van der Waals surface area contributed by atoms with Gasteiger partial charge in [0, 0.05) is 0 Å². The second-order valence-electron chi connectivity index (χ2n) is 2.50. The summed E-state index contributed by atoms with van der Waals surface area (Å²) in [6, 6.07) is 9.35. The molecule has 4 heteroatoms. The lowest BCUT2D eigenvalue weighted by Gasteiger charge is -1.98. The highest BCUT2D eigenvalue weighted by molar-refractivity contribution is 5.92. The van der Waals surface area contributed by atoms with Gasteiger partial charge in [-0.3, -0.25) is 0 Å². The molecule has 0 aliphatic carbocycles. The number of halogens is 1. The van der Waals surface area contributed by atoms with Gasteiger partial charge in [0.05, 0.1) is 7.11 Å². The van der Waals surface area contributed by atoms with Crippen molar-refractivity contribution in [2.75, 3.05) is 7.11 Å². The predicted octanol–water partition coefficient (Wildman–Crippen LogP) is 1.58. The topological polar surface area (TPSA) is 52.3 Å². The Morgan fingerprint density at radius 1 is 1.36 bits per heavy atom. The molecule has 0 aromatic heterocycles. The number of hydrogen-bond donors (Lipinski definition) is 1. The van der Waals surface area contributed by atoms with Gasteiger partial charge in [-0.25, -0.2) is 4.79 Å². The zero-order valence-electron chi connectivity index (χ0n) is 7.77. The lowest BCUT2D eigenvalue weighted by molar-refractivity contribution is -0.136. The first-order chi connectivity index (χ1) is 6.24. The third-order valence-corrected chi connectivity index (χ3v) is 1.54. The van der Waals surface area contributed by atoms with Gasteiger partial charge in [0.15, 0.2) is 0 Å². The van der Waals surface area contributed by atoms with E-state index in [-0.39, 0.29) is 18.1 Å². The minimum atomic E-state index is -0.510. The normalized spacial score (nSPS) is 10.2. The zero-order valence-corrected chi connectivity index (χ0v) is 8.58. The maximum Gasteiger partial charge on any atom is 0.353 e. The van der Waals surface area contributed by atoms with Gasteiger partial charge in [0.2, 0.25) is 0 Å². The maximum atomic E-state index is 10.9. The molecular formula is C10H12ClNO2. The van der Waals surface area contributed by atoms with Crippen LogP contribution in [0.5, 0.6) is 0 Å². The molecule has 14 heavy (non-hydrogen) atoms. The summed E-state index contributed by atoms with van der Waals surface area (Å²) in [5, 5.41) is 0. The molecule has 76 valence electrons. The minimum absolute atomic E-state index is 0. The van der Waals surface area contributed by atoms with Crippen molar-refractivity contribution in [2.24, 2.45) is 5.73 Å². The van der Waals surface area contributed by atoms with E-state index in [0.717, 1.165) is 5.56 Å². The average Bonchev–Trinajstić information content (AvgIpc) is 2.18. The lowest BCUT2D eigenvalue weighted by atomic mass is 10.2. The van der Waals surface area contributed by atoms with Crippen molar-refractivity contribution in [1.29, 1.82) is 0 Å². The Labute approximate surface area is 89.0 Å². The Balaban J connectivity index is 0.00000169. The van der Waals surface area contributed by atoms with Crippen molar-refractivity contribution in [3.8, 4) is 0 Å². The molecule has 0 amide bonds. The van der Waals surface area contributed by atoms with Crippen LogP contribution in [0.15, 0.2) is 36.0 Å². The molecule has 0 aliphatic heterocycles. The molecule has 0 saturated heterocycles. The zero-order chi connectivity index (χ0) is 9.68. The Hall–Kier alpha value is -1.48. The number of carbonyl (C=O) groups excluding carboxylic acids is 1. The number of carbonyl (C=O) groups is 1. The fourth-order valence-corrected chi connectivity index (χ4v) is 0.906. The number of nitrogens with two attached hydrogens (primary N) is 1. The molecule has 0 heterocycles. The van der Waals surface area contributed by atoms with Crippen LogP contribution in [-0.4, -0.2) is 13.1 Å². The van der Waals surface area contributed by atoms with Crippen molar-refractivity contribution in [3.63, 3.8) is 0 Å².